The molecule has 0 N–H and O–H groups in total. The Morgan fingerprint density at radius 3 is 2.60 bits per heavy atom. The fourth-order valence-corrected chi connectivity index (χ4v) is 1.35. The van der Waals surface area contributed by atoms with Crippen LogP contribution in [0.1, 0.15) is 24.5 Å². The van der Waals surface area contributed by atoms with Crippen LogP contribution in [0.5, 0.6) is 5.75 Å². The molecule has 2 nitrogen and oxygen atoms in total. The predicted octanol–water partition coefficient (Wildman–Crippen LogP) is 2.76. The van der Waals surface area contributed by atoms with Crippen molar-refractivity contribution in [3.63, 3.8) is 0 Å². The minimum absolute atomic E-state index is 0.0552. The Morgan fingerprint density at radius 2 is 2.13 bits per heavy atom. The minimum atomic E-state index is -2.59. The summed E-state index contributed by atoms with van der Waals surface area (Å²) in [5.41, 5.74) is 0.412. The summed E-state index contributed by atoms with van der Waals surface area (Å²) in [7, 11) is 1.34. The van der Waals surface area contributed by atoms with Gasteiger partial charge in [0.1, 0.15) is 11.5 Å². The molecule has 0 aromatic heterocycles. The summed E-state index contributed by atoms with van der Waals surface area (Å²) in [5.74, 6) is 0.0951. The number of methoxy groups -OCH3 is 1. The van der Waals surface area contributed by atoms with Crippen molar-refractivity contribution in [1.29, 1.82) is 0 Å². The van der Waals surface area contributed by atoms with Gasteiger partial charge in [-0.15, -0.1) is 0 Å². The molecule has 0 unspecified atom stereocenters. The Labute approximate surface area is 86.9 Å². The summed E-state index contributed by atoms with van der Waals surface area (Å²) < 4.78 is 29.9. The highest BCUT2D eigenvalue weighted by Gasteiger charge is 2.14. The molecular formula is C11H12F2O2. The van der Waals surface area contributed by atoms with E-state index >= 15 is 0 Å². The Bertz CT molecular complexity index is 362. The molecule has 4 heteroatoms. The first kappa shape index (κ1) is 11.6. The number of carbonyl (C=O) groups is 1. The summed E-state index contributed by atoms with van der Waals surface area (Å²) in [6.07, 6.45) is -2.42. The van der Waals surface area contributed by atoms with E-state index in [2.05, 4.69) is 0 Å². The highest BCUT2D eigenvalue weighted by atomic mass is 19.3. The second kappa shape index (κ2) is 4.87. The van der Waals surface area contributed by atoms with Gasteiger partial charge in [0, 0.05) is 6.42 Å². The number of alkyl halides is 2. The van der Waals surface area contributed by atoms with Gasteiger partial charge in [-0.25, -0.2) is 8.78 Å². The van der Waals surface area contributed by atoms with Crippen molar-refractivity contribution in [3.05, 3.63) is 29.3 Å². The average Bonchev–Trinajstić information content (AvgIpc) is 2.16. The van der Waals surface area contributed by atoms with Gasteiger partial charge in [0.25, 0.3) is 6.43 Å². The monoisotopic (exact) mass is 214 g/mol. The van der Waals surface area contributed by atoms with Crippen molar-refractivity contribution in [2.24, 2.45) is 0 Å². The van der Waals surface area contributed by atoms with E-state index < -0.39 is 6.43 Å². The molecule has 0 aliphatic heterocycles. The molecular weight excluding hydrogens is 202 g/mol. The highest BCUT2D eigenvalue weighted by Crippen LogP contribution is 2.29. The first-order chi connectivity index (χ1) is 7.04. The van der Waals surface area contributed by atoms with Crippen LogP contribution in [-0.4, -0.2) is 12.9 Å². The molecule has 15 heavy (non-hydrogen) atoms. The SMILES string of the molecule is COc1ccc(CC(C)=O)cc1C(F)F. The third kappa shape index (κ3) is 3.01. The van der Waals surface area contributed by atoms with E-state index in [1.54, 1.807) is 6.07 Å². The van der Waals surface area contributed by atoms with Crippen LogP contribution in [0.15, 0.2) is 18.2 Å². The first-order valence-corrected chi connectivity index (χ1v) is 4.49. The molecule has 0 atom stereocenters. The lowest BCUT2D eigenvalue weighted by Crippen LogP contribution is -1.99. The number of hydrogen-bond acceptors (Lipinski definition) is 2. The van der Waals surface area contributed by atoms with Gasteiger partial charge in [-0.05, 0) is 24.6 Å². The second-order valence-electron chi connectivity index (χ2n) is 3.26. The van der Waals surface area contributed by atoms with Crippen LogP contribution in [-0.2, 0) is 11.2 Å². The summed E-state index contributed by atoms with van der Waals surface area (Å²) >= 11 is 0. The zero-order valence-corrected chi connectivity index (χ0v) is 8.59. The van der Waals surface area contributed by atoms with Gasteiger partial charge in [0.05, 0.1) is 12.7 Å². The van der Waals surface area contributed by atoms with Crippen molar-refractivity contribution in [2.75, 3.05) is 7.11 Å². The number of ketones is 1. The zero-order chi connectivity index (χ0) is 11.4. The topological polar surface area (TPSA) is 26.3 Å². The molecule has 82 valence electrons. The molecule has 0 bridgehead atoms. The fourth-order valence-electron chi connectivity index (χ4n) is 1.35. The molecule has 0 saturated heterocycles. The van der Waals surface area contributed by atoms with Crippen molar-refractivity contribution < 1.29 is 18.3 Å². The number of carbonyl (C=O) groups excluding carboxylic acids is 1. The predicted molar refractivity (Wildman–Crippen MR) is 52.3 cm³/mol. The molecule has 0 saturated carbocycles. The van der Waals surface area contributed by atoms with Gasteiger partial charge in [-0.3, -0.25) is 4.79 Å². The van der Waals surface area contributed by atoms with Crippen LogP contribution < -0.4 is 4.74 Å². The Morgan fingerprint density at radius 1 is 1.47 bits per heavy atom. The molecule has 1 rings (SSSR count). The third-order valence-electron chi connectivity index (χ3n) is 1.98. The standard InChI is InChI=1S/C11H12F2O2/c1-7(14)5-8-3-4-10(15-2)9(6-8)11(12)13/h3-4,6,11H,5H2,1-2H3. The maximum atomic E-state index is 12.6. The van der Waals surface area contributed by atoms with E-state index in [1.807, 2.05) is 0 Å². The minimum Gasteiger partial charge on any atom is -0.496 e. The summed E-state index contributed by atoms with van der Waals surface area (Å²) in [4.78, 5) is 10.8. The number of hydrogen-bond donors (Lipinski definition) is 0. The maximum absolute atomic E-state index is 12.6. The molecule has 1 aromatic carbocycles. The molecule has 0 aliphatic carbocycles. The smallest absolute Gasteiger partial charge is 0.267 e. The molecule has 0 spiro atoms. The van der Waals surface area contributed by atoms with Crippen LogP contribution in [0.25, 0.3) is 0 Å². The summed E-state index contributed by atoms with van der Waals surface area (Å²) in [6, 6.07) is 4.39. The summed E-state index contributed by atoms with van der Waals surface area (Å²) in [6.45, 7) is 1.42. The quantitative estimate of drug-likeness (QED) is 0.770. The van der Waals surface area contributed by atoms with Crippen molar-refractivity contribution >= 4 is 5.78 Å². The largest absolute Gasteiger partial charge is 0.496 e. The first-order valence-electron chi connectivity index (χ1n) is 4.49. The lowest BCUT2D eigenvalue weighted by Gasteiger charge is -2.09. The second-order valence-corrected chi connectivity index (χ2v) is 3.26. The van der Waals surface area contributed by atoms with E-state index in [1.165, 1.54) is 26.2 Å². The third-order valence-corrected chi connectivity index (χ3v) is 1.98. The molecule has 0 amide bonds. The van der Waals surface area contributed by atoms with Crippen LogP contribution >= 0.6 is 0 Å². The van der Waals surface area contributed by atoms with Crippen LogP contribution in [0.3, 0.4) is 0 Å². The number of rotatable bonds is 4. The van der Waals surface area contributed by atoms with Crippen molar-refractivity contribution in [1.82, 2.24) is 0 Å². The van der Waals surface area contributed by atoms with Crippen LogP contribution in [0.4, 0.5) is 8.78 Å². The maximum Gasteiger partial charge on any atom is 0.267 e. The Hall–Kier alpha value is -1.45. The van der Waals surface area contributed by atoms with Crippen LogP contribution in [0.2, 0.25) is 0 Å². The van der Waals surface area contributed by atoms with Gasteiger partial charge in [-0.1, -0.05) is 6.07 Å². The van der Waals surface area contributed by atoms with E-state index in [4.69, 9.17) is 4.74 Å². The van der Waals surface area contributed by atoms with Crippen LogP contribution in [0, 0.1) is 0 Å². The van der Waals surface area contributed by atoms with Gasteiger partial charge in [0.2, 0.25) is 0 Å². The molecule has 0 heterocycles. The Kier molecular flexibility index (Phi) is 3.77. The van der Waals surface area contributed by atoms with Gasteiger partial charge >= 0.3 is 0 Å². The number of halogens is 2. The summed E-state index contributed by atoms with van der Waals surface area (Å²) in [5, 5.41) is 0. The Balaban J connectivity index is 3.04. The molecule has 0 fully saturated rings. The number of ether oxygens (including phenoxy) is 1. The zero-order valence-electron chi connectivity index (χ0n) is 8.59. The number of benzene rings is 1. The van der Waals surface area contributed by atoms with Gasteiger partial charge in [-0.2, -0.15) is 0 Å². The molecule has 1 aromatic rings. The molecule has 0 aliphatic rings. The number of Topliss-reactive ketones (excluding diaryl/α,β-unsaturated/α-hetero) is 1. The normalized spacial score (nSPS) is 10.5. The van der Waals surface area contributed by atoms with Crippen molar-refractivity contribution in [2.45, 2.75) is 19.8 Å². The lowest BCUT2D eigenvalue weighted by molar-refractivity contribution is -0.116. The van der Waals surface area contributed by atoms with E-state index in [0.29, 0.717) is 5.56 Å². The fraction of sp³-hybridized carbons (Fsp3) is 0.364. The highest BCUT2D eigenvalue weighted by molar-refractivity contribution is 5.78. The van der Waals surface area contributed by atoms with Gasteiger partial charge < -0.3 is 4.74 Å². The van der Waals surface area contributed by atoms with E-state index in [-0.39, 0.29) is 23.5 Å². The lowest BCUT2D eigenvalue weighted by atomic mass is 10.1. The van der Waals surface area contributed by atoms with Crippen molar-refractivity contribution in [3.8, 4) is 5.75 Å². The van der Waals surface area contributed by atoms with E-state index in [0.717, 1.165) is 0 Å². The van der Waals surface area contributed by atoms with Gasteiger partial charge in [0.15, 0.2) is 0 Å². The molecule has 0 radical (unpaired) electrons. The average molecular weight is 214 g/mol. The van der Waals surface area contributed by atoms with E-state index in [9.17, 15) is 13.6 Å².